The monoisotopic (exact) mass is 415 g/mol. The van der Waals surface area contributed by atoms with E-state index in [2.05, 4.69) is 56.3 Å². The van der Waals surface area contributed by atoms with Crippen LogP contribution in [0.25, 0.3) is 0 Å². The van der Waals surface area contributed by atoms with E-state index in [9.17, 15) is 0 Å². The minimum atomic E-state index is 0.361. The molecule has 1 aliphatic rings. The lowest BCUT2D eigenvalue weighted by atomic mass is 9.96. The molecule has 1 atom stereocenters. The first-order chi connectivity index (χ1) is 10.3. The SMILES string of the molecule is CNC(Cc1ccn(C2CCCCC2)n1)c1csc(I)c1. The Kier molecular flexibility index (Phi) is 5.34. The van der Waals surface area contributed by atoms with Crippen molar-refractivity contribution in [2.45, 2.75) is 50.6 Å². The van der Waals surface area contributed by atoms with Gasteiger partial charge in [0.15, 0.2) is 0 Å². The summed E-state index contributed by atoms with van der Waals surface area (Å²) in [5.74, 6) is 0. The summed E-state index contributed by atoms with van der Waals surface area (Å²) < 4.78 is 3.55. The Morgan fingerprint density at radius 2 is 2.24 bits per heavy atom. The van der Waals surface area contributed by atoms with Crippen LogP contribution >= 0.6 is 33.9 Å². The maximum atomic E-state index is 4.83. The van der Waals surface area contributed by atoms with E-state index < -0.39 is 0 Å². The maximum Gasteiger partial charge on any atom is 0.0656 e. The van der Waals surface area contributed by atoms with Crippen LogP contribution in [0.3, 0.4) is 0 Å². The fourth-order valence-corrected chi connectivity index (χ4v) is 4.56. The lowest BCUT2D eigenvalue weighted by molar-refractivity contribution is 0.327. The van der Waals surface area contributed by atoms with Gasteiger partial charge >= 0.3 is 0 Å². The number of hydrogen-bond donors (Lipinski definition) is 1. The fourth-order valence-electron chi connectivity index (χ4n) is 3.14. The molecule has 0 aromatic carbocycles. The van der Waals surface area contributed by atoms with E-state index in [1.54, 1.807) is 0 Å². The molecule has 1 N–H and O–H groups in total. The van der Waals surface area contributed by atoms with E-state index in [1.165, 1.54) is 46.2 Å². The molecule has 21 heavy (non-hydrogen) atoms. The Bertz CT molecular complexity index is 572. The highest BCUT2D eigenvalue weighted by atomic mass is 127. The lowest BCUT2D eigenvalue weighted by Crippen LogP contribution is -2.19. The topological polar surface area (TPSA) is 29.9 Å². The highest BCUT2D eigenvalue weighted by Gasteiger charge is 2.18. The fraction of sp³-hybridized carbons (Fsp3) is 0.562. The van der Waals surface area contributed by atoms with Crippen molar-refractivity contribution in [1.82, 2.24) is 15.1 Å². The quantitative estimate of drug-likeness (QED) is 0.726. The molecule has 1 unspecified atom stereocenters. The number of halogens is 1. The predicted molar refractivity (Wildman–Crippen MR) is 96.9 cm³/mol. The minimum absolute atomic E-state index is 0.361. The van der Waals surface area contributed by atoms with Gasteiger partial charge in [-0.2, -0.15) is 5.10 Å². The summed E-state index contributed by atoms with van der Waals surface area (Å²) in [7, 11) is 2.04. The third kappa shape index (κ3) is 3.87. The van der Waals surface area contributed by atoms with Gasteiger partial charge in [-0.15, -0.1) is 11.3 Å². The van der Waals surface area contributed by atoms with E-state index in [4.69, 9.17) is 5.10 Å². The first-order valence-electron chi connectivity index (χ1n) is 7.71. The van der Waals surface area contributed by atoms with Crippen LogP contribution in [0.1, 0.15) is 55.4 Å². The molecule has 3 nitrogen and oxygen atoms in total. The standard InChI is InChI=1S/C16H22IN3S/c1-18-15(12-9-16(17)21-11-12)10-13-7-8-20(19-13)14-5-3-2-4-6-14/h7-9,11,14-15,18H,2-6,10H2,1H3. The molecule has 0 spiro atoms. The van der Waals surface area contributed by atoms with Gasteiger partial charge in [-0.3, -0.25) is 4.68 Å². The summed E-state index contributed by atoms with van der Waals surface area (Å²) in [4.78, 5) is 0. The zero-order chi connectivity index (χ0) is 14.7. The Balaban J connectivity index is 1.68. The molecule has 0 radical (unpaired) electrons. The summed E-state index contributed by atoms with van der Waals surface area (Å²) >= 11 is 4.19. The van der Waals surface area contributed by atoms with Gasteiger partial charge in [0.05, 0.1) is 14.6 Å². The van der Waals surface area contributed by atoms with E-state index >= 15 is 0 Å². The molecule has 5 heteroatoms. The van der Waals surface area contributed by atoms with Gasteiger partial charge < -0.3 is 5.32 Å². The third-order valence-electron chi connectivity index (χ3n) is 4.36. The number of nitrogens with one attached hydrogen (secondary N) is 1. The van der Waals surface area contributed by atoms with Crippen LogP contribution in [-0.4, -0.2) is 16.8 Å². The van der Waals surface area contributed by atoms with Gasteiger partial charge in [0.2, 0.25) is 0 Å². The minimum Gasteiger partial charge on any atom is -0.313 e. The van der Waals surface area contributed by atoms with Crippen LogP contribution in [0, 0.1) is 2.88 Å². The molecule has 1 aliphatic carbocycles. The van der Waals surface area contributed by atoms with E-state index in [-0.39, 0.29) is 0 Å². The van der Waals surface area contributed by atoms with Crippen LogP contribution in [0.5, 0.6) is 0 Å². The molecule has 2 aromatic rings. The molecule has 2 aromatic heterocycles. The summed E-state index contributed by atoms with van der Waals surface area (Å²) in [6.45, 7) is 0. The number of aromatic nitrogens is 2. The normalized spacial score (nSPS) is 18.0. The molecular weight excluding hydrogens is 393 g/mol. The average Bonchev–Trinajstić information content (AvgIpc) is 3.15. The number of rotatable bonds is 5. The van der Waals surface area contributed by atoms with Crippen molar-refractivity contribution < 1.29 is 0 Å². The molecule has 3 rings (SSSR count). The number of thiophene rings is 1. The molecule has 0 aliphatic heterocycles. The Labute approximate surface area is 144 Å². The van der Waals surface area contributed by atoms with Crippen molar-refractivity contribution in [2.24, 2.45) is 0 Å². The highest BCUT2D eigenvalue weighted by Crippen LogP contribution is 2.28. The molecule has 1 fully saturated rings. The zero-order valence-corrected chi connectivity index (χ0v) is 15.4. The van der Waals surface area contributed by atoms with Crippen molar-refractivity contribution >= 4 is 33.9 Å². The van der Waals surface area contributed by atoms with Crippen molar-refractivity contribution in [1.29, 1.82) is 0 Å². The number of nitrogens with zero attached hydrogens (tertiary/aromatic N) is 2. The van der Waals surface area contributed by atoms with Gasteiger partial charge in [0.25, 0.3) is 0 Å². The van der Waals surface area contributed by atoms with Gasteiger partial charge in [-0.05, 0) is 65.6 Å². The summed E-state index contributed by atoms with van der Waals surface area (Å²) in [5.41, 5.74) is 2.57. The lowest BCUT2D eigenvalue weighted by Gasteiger charge is -2.22. The molecule has 1 saturated carbocycles. The third-order valence-corrected chi connectivity index (χ3v) is 6.17. The van der Waals surface area contributed by atoms with Crippen LogP contribution in [0.4, 0.5) is 0 Å². The van der Waals surface area contributed by atoms with Crippen LogP contribution < -0.4 is 5.32 Å². The second-order valence-electron chi connectivity index (χ2n) is 5.81. The van der Waals surface area contributed by atoms with Gasteiger partial charge in [0.1, 0.15) is 0 Å². The number of likely N-dealkylation sites (N-methyl/N-ethyl adjacent to an activating group) is 1. The smallest absolute Gasteiger partial charge is 0.0656 e. The van der Waals surface area contributed by atoms with Crippen LogP contribution in [0.2, 0.25) is 0 Å². The van der Waals surface area contributed by atoms with E-state index in [0.29, 0.717) is 12.1 Å². The van der Waals surface area contributed by atoms with Crippen LogP contribution in [0.15, 0.2) is 23.7 Å². The molecule has 114 valence electrons. The van der Waals surface area contributed by atoms with Gasteiger partial charge in [0, 0.05) is 18.7 Å². The number of hydrogen-bond acceptors (Lipinski definition) is 3. The summed E-state index contributed by atoms with van der Waals surface area (Å²) in [5, 5.41) is 10.5. The predicted octanol–water partition coefficient (Wildman–Crippen LogP) is 4.56. The van der Waals surface area contributed by atoms with Gasteiger partial charge in [-0.1, -0.05) is 19.3 Å². The second kappa shape index (κ2) is 7.24. The van der Waals surface area contributed by atoms with Gasteiger partial charge in [-0.25, -0.2) is 0 Å². The summed E-state index contributed by atoms with van der Waals surface area (Å²) in [6, 6.07) is 5.45. The van der Waals surface area contributed by atoms with Crippen molar-refractivity contribution in [3.05, 3.63) is 37.9 Å². The highest BCUT2D eigenvalue weighted by molar-refractivity contribution is 14.1. The Morgan fingerprint density at radius 3 is 2.90 bits per heavy atom. The Hall–Kier alpha value is -0.400. The second-order valence-corrected chi connectivity index (χ2v) is 8.61. The first-order valence-corrected chi connectivity index (χ1v) is 9.67. The molecular formula is C16H22IN3S. The first kappa shape index (κ1) is 15.5. The largest absolute Gasteiger partial charge is 0.313 e. The van der Waals surface area contributed by atoms with Crippen LogP contribution in [-0.2, 0) is 6.42 Å². The van der Waals surface area contributed by atoms with E-state index in [1.807, 2.05) is 18.4 Å². The molecule has 0 bridgehead atoms. The maximum absolute atomic E-state index is 4.83. The zero-order valence-electron chi connectivity index (χ0n) is 12.4. The Morgan fingerprint density at radius 1 is 1.43 bits per heavy atom. The van der Waals surface area contributed by atoms with E-state index in [0.717, 1.165) is 6.42 Å². The summed E-state index contributed by atoms with van der Waals surface area (Å²) in [6.07, 6.45) is 9.82. The van der Waals surface area contributed by atoms with Crippen molar-refractivity contribution in [3.8, 4) is 0 Å². The van der Waals surface area contributed by atoms with Crippen molar-refractivity contribution in [2.75, 3.05) is 7.05 Å². The molecule has 0 amide bonds. The average molecular weight is 415 g/mol. The van der Waals surface area contributed by atoms with Crippen molar-refractivity contribution in [3.63, 3.8) is 0 Å². The molecule has 2 heterocycles. The molecule has 0 saturated heterocycles.